The normalized spacial score (nSPS) is 14.7. The largest absolute Gasteiger partial charge is 0.492 e. The standard InChI is InChI=1S/C30H31N3O2/c1-4-35-28-14-8-6-11-25(28)31-30(34)33-20-24-10-5-7-12-26(24)32-19-9-13-27(32)29(33)23-17-15-22(16-18-23)21(2)3/h5-19,21,29H,4,20H2,1-3H3,(H,31,34). The summed E-state index contributed by atoms with van der Waals surface area (Å²) in [5.74, 6) is 1.11. The van der Waals surface area contributed by atoms with Crippen molar-refractivity contribution in [2.24, 2.45) is 0 Å². The first-order valence-corrected chi connectivity index (χ1v) is 12.2. The van der Waals surface area contributed by atoms with Crippen LogP contribution < -0.4 is 10.1 Å². The Kier molecular flexibility index (Phi) is 6.32. The maximum absolute atomic E-state index is 13.9. The molecule has 2 amide bonds. The predicted octanol–water partition coefficient (Wildman–Crippen LogP) is 7.14. The fraction of sp³-hybridized carbons (Fsp3) is 0.233. The lowest BCUT2D eigenvalue weighted by Gasteiger charge is -2.31. The summed E-state index contributed by atoms with van der Waals surface area (Å²) in [7, 11) is 0. The van der Waals surface area contributed by atoms with Crippen molar-refractivity contribution in [3.8, 4) is 11.4 Å². The van der Waals surface area contributed by atoms with E-state index in [1.807, 2.05) is 54.3 Å². The first-order valence-electron chi connectivity index (χ1n) is 12.2. The summed E-state index contributed by atoms with van der Waals surface area (Å²) in [6, 6.07) is 28.3. The lowest BCUT2D eigenvalue weighted by Crippen LogP contribution is -2.38. The number of nitrogens with zero attached hydrogens (tertiary/aromatic N) is 2. The summed E-state index contributed by atoms with van der Waals surface area (Å²) >= 11 is 0. The molecule has 0 saturated heterocycles. The molecule has 1 aromatic heterocycles. The minimum Gasteiger partial charge on any atom is -0.492 e. The smallest absolute Gasteiger partial charge is 0.323 e. The van der Waals surface area contributed by atoms with E-state index in [0.717, 1.165) is 22.5 Å². The molecule has 4 aromatic rings. The number of urea groups is 1. The molecule has 0 spiro atoms. The van der Waals surface area contributed by atoms with Crippen LogP contribution in [-0.2, 0) is 6.54 Å². The van der Waals surface area contributed by atoms with Crippen LogP contribution in [0.25, 0.3) is 5.69 Å². The number of hydrogen-bond acceptors (Lipinski definition) is 2. The molecule has 5 nitrogen and oxygen atoms in total. The molecule has 0 saturated carbocycles. The predicted molar refractivity (Wildman–Crippen MR) is 140 cm³/mol. The molecule has 0 bridgehead atoms. The molecular formula is C30H31N3O2. The van der Waals surface area contributed by atoms with E-state index in [1.165, 1.54) is 5.56 Å². The highest BCUT2D eigenvalue weighted by Gasteiger charge is 2.33. The van der Waals surface area contributed by atoms with Crippen LogP contribution in [-0.4, -0.2) is 22.1 Å². The summed E-state index contributed by atoms with van der Waals surface area (Å²) in [5.41, 5.74) is 6.28. The number of aromatic nitrogens is 1. The molecule has 1 aliphatic heterocycles. The van der Waals surface area contributed by atoms with Crippen molar-refractivity contribution in [3.05, 3.63) is 114 Å². The van der Waals surface area contributed by atoms with Crippen LogP contribution in [0.5, 0.6) is 5.75 Å². The van der Waals surface area contributed by atoms with Crippen LogP contribution in [0.1, 0.15) is 55.1 Å². The molecule has 35 heavy (non-hydrogen) atoms. The molecule has 2 heterocycles. The van der Waals surface area contributed by atoms with Gasteiger partial charge in [0.1, 0.15) is 5.75 Å². The van der Waals surface area contributed by atoms with Gasteiger partial charge in [-0.2, -0.15) is 0 Å². The molecule has 178 valence electrons. The van der Waals surface area contributed by atoms with E-state index in [2.05, 4.69) is 72.4 Å². The SMILES string of the molecule is CCOc1ccccc1NC(=O)N1Cc2ccccc2-n2cccc2C1c1ccc(C(C)C)cc1. The first kappa shape index (κ1) is 22.8. The topological polar surface area (TPSA) is 46.5 Å². The number of fused-ring (bicyclic) bond motifs is 3. The highest BCUT2D eigenvalue weighted by atomic mass is 16.5. The minimum absolute atomic E-state index is 0.167. The molecular weight excluding hydrogens is 434 g/mol. The Hall–Kier alpha value is -3.99. The van der Waals surface area contributed by atoms with Crippen LogP contribution in [0, 0.1) is 0 Å². The third-order valence-electron chi connectivity index (χ3n) is 6.57. The van der Waals surface area contributed by atoms with Gasteiger partial charge in [0.15, 0.2) is 0 Å². The van der Waals surface area contributed by atoms with Gasteiger partial charge in [-0.1, -0.05) is 68.4 Å². The van der Waals surface area contributed by atoms with Gasteiger partial charge < -0.3 is 19.5 Å². The summed E-state index contributed by atoms with van der Waals surface area (Å²) in [5, 5.41) is 3.13. The van der Waals surface area contributed by atoms with E-state index >= 15 is 0 Å². The molecule has 5 heteroatoms. The third-order valence-corrected chi connectivity index (χ3v) is 6.57. The Balaban J connectivity index is 1.60. The molecule has 0 aliphatic carbocycles. The lowest BCUT2D eigenvalue weighted by atomic mass is 9.97. The van der Waals surface area contributed by atoms with Gasteiger partial charge in [0.25, 0.3) is 0 Å². The van der Waals surface area contributed by atoms with Gasteiger partial charge in [-0.3, -0.25) is 0 Å². The van der Waals surface area contributed by atoms with Crippen LogP contribution in [0.4, 0.5) is 10.5 Å². The van der Waals surface area contributed by atoms with Crippen LogP contribution in [0.2, 0.25) is 0 Å². The first-order chi connectivity index (χ1) is 17.1. The van der Waals surface area contributed by atoms with Gasteiger partial charge in [0.2, 0.25) is 0 Å². The second-order valence-electron chi connectivity index (χ2n) is 9.14. The summed E-state index contributed by atoms with van der Waals surface area (Å²) < 4.78 is 7.97. The molecule has 1 unspecified atom stereocenters. The summed E-state index contributed by atoms with van der Waals surface area (Å²) in [4.78, 5) is 15.8. The molecule has 3 aromatic carbocycles. The average molecular weight is 466 g/mol. The highest BCUT2D eigenvalue weighted by Crippen LogP contribution is 2.37. The Morgan fingerprint density at radius 3 is 2.49 bits per heavy atom. The molecule has 1 aliphatic rings. The number of hydrogen-bond donors (Lipinski definition) is 1. The lowest BCUT2D eigenvalue weighted by molar-refractivity contribution is 0.194. The third kappa shape index (κ3) is 4.42. The van der Waals surface area contributed by atoms with Crippen molar-refractivity contribution in [1.82, 2.24) is 9.47 Å². The number of nitrogens with one attached hydrogen (secondary N) is 1. The minimum atomic E-state index is -0.252. The Morgan fingerprint density at radius 1 is 0.971 bits per heavy atom. The zero-order valence-corrected chi connectivity index (χ0v) is 20.4. The number of carbonyl (C=O) groups excluding carboxylic acids is 1. The number of rotatable bonds is 5. The molecule has 5 rings (SSSR count). The second-order valence-corrected chi connectivity index (χ2v) is 9.14. The highest BCUT2D eigenvalue weighted by molar-refractivity contribution is 5.91. The number of anilines is 1. The number of amides is 2. The summed E-state index contributed by atoms with van der Waals surface area (Å²) in [6.07, 6.45) is 2.08. The van der Waals surface area contributed by atoms with Crippen molar-refractivity contribution in [1.29, 1.82) is 0 Å². The number of carbonyl (C=O) groups is 1. The quantitative estimate of drug-likeness (QED) is 0.341. The second kappa shape index (κ2) is 9.71. The number of benzene rings is 3. The van der Waals surface area contributed by atoms with E-state index in [0.29, 0.717) is 30.5 Å². The van der Waals surface area contributed by atoms with Crippen molar-refractivity contribution >= 4 is 11.7 Å². The van der Waals surface area contributed by atoms with E-state index in [-0.39, 0.29) is 12.1 Å². The number of para-hydroxylation sites is 3. The van der Waals surface area contributed by atoms with Crippen LogP contribution in [0.3, 0.4) is 0 Å². The number of ether oxygens (including phenoxy) is 1. The zero-order chi connectivity index (χ0) is 24.4. The Morgan fingerprint density at radius 2 is 1.71 bits per heavy atom. The zero-order valence-electron chi connectivity index (χ0n) is 20.4. The molecule has 0 radical (unpaired) electrons. The van der Waals surface area contributed by atoms with Crippen molar-refractivity contribution < 1.29 is 9.53 Å². The van der Waals surface area contributed by atoms with Crippen molar-refractivity contribution in [2.75, 3.05) is 11.9 Å². The van der Waals surface area contributed by atoms with Gasteiger partial charge in [-0.25, -0.2) is 4.79 Å². The maximum atomic E-state index is 13.9. The van der Waals surface area contributed by atoms with Gasteiger partial charge in [0, 0.05) is 11.9 Å². The molecule has 1 N–H and O–H groups in total. The Bertz CT molecular complexity index is 1320. The maximum Gasteiger partial charge on any atom is 0.323 e. The van der Waals surface area contributed by atoms with Gasteiger partial charge in [0.05, 0.1) is 30.6 Å². The fourth-order valence-corrected chi connectivity index (χ4v) is 4.79. The van der Waals surface area contributed by atoms with Crippen LogP contribution >= 0.6 is 0 Å². The molecule has 1 atom stereocenters. The average Bonchev–Trinajstić information content (AvgIpc) is 3.29. The molecule has 0 fully saturated rings. The van der Waals surface area contributed by atoms with E-state index in [9.17, 15) is 4.79 Å². The van der Waals surface area contributed by atoms with Gasteiger partial charge >= 0.3 is 6.03 Å². The van der Waals surface area contributed by atoms with Crippen LogP contribution in [0.15, 0.2) is 91.1 Å². The fourth-order valence-electron chi connectivity index (χ4n) is 4.79. The van der Waals surface area contributed by atoms with E-state index < -0.39 is 0 Å². The summed E-state index contributed by atoms with van der Waals surface area (Å²) in [6.45, 7) is 7.34. The van der Waals surface area contributed by atoms with Gasteiger partial charge in [-0.15, -0.1) is 0 Å². The Labute approximate surface area is 207 Å². The van der Waals surface area contributed by atoms with Gasteiger partial charge in [-0.05, 0) is 59.9 Å². The van der Waals surface area contributed by atoms with Crippen molar-refractivity contribution in [2.45, 2.75) is 39.3 Å². The van der Waals surface area contributed by atoms with E-state index in [1.54, 1.807) is 0 Å². The van der Waals surface area contributed by atoms with Crippen molar-refractivity contribution in [3.63, 3.8) is 0 Å². The monoisotopic (exact) mass is 465 g/mol. The van der Waals surface area contributed by atoms with E-state index in [4.69, 9.17) is 4.74 Å².